The third-order valence-electron chi connectivity index (χ3n) is 3.86. The van der Waals surface area contributed by atoms with Gasteiger partial charge in [0.1, 0.15) is 10.7 Å². The molecule has 0 N–H and O–H groups in total. The Morgan fingerprint density at radius 1 is 1.37 bits per heavy atom. The molecule has 0 saturated carbocycles. The van der Waals surface area contributed by atoms with Crippen molar-refractivity contribution >= 4 is 28.5 Å². The molecule has 0 amide bonds. The van der Waals surface area contributed by atoms with Crippen molar-refractivity contribution in [2.75, 3.05) is 6.61 Å². The van der Waals surface area contributed by atoms with Crippen molar-refractivity contribution in [2.45, 2.75) is 53.5 Å². The lowest BCUT2D eigenvalue weighted by Gasteiger charge is -2.14. The first-order valence-corrected chi connectivity index (χ1v) is 10.3. The molecule has 0 fully saturated rings. The molecule has 0 radical (unpaired) electrons. The Morgan fingerprint density at radius 2 is 2.07 bits per heavy atom. The molecule has 1 aromatic carbocycles. The van der Waals surface area contributed by atoms with Gasteiger partial charge in [0.15, 0.2) is 4.80 Å². The normalized spacial score (nSPS) is 12.3. The van der Waals surface area contributed by atoms with Crippen LogP contribution in [-0.2, 0) is 12.0 Å². The van der Waals surface area contributed by atoms with Gasteiger partial charge in [0.2, 0.25) is 0 Å². The molecule has 4 nitrogen and oxygen atoms in total. The van der Waals surface area contributed by atoms with E-state index in [1.807, 2.05) is 6.92 Å². The van der Waals surface area contributed by atoms with Crippen LogP contribution < -0.4 is 9.54 Å². The van der Waals surface area contributed by atoms with Crippen LogP contribution >= 0.6 is 23.6 Å². The van der Waals surface area contributed by atoms with Crippen LogP contribution in [-0.4, -0.2) is 16.2 Å². The highest BCUT2D eigenvalue weighted by atomic mass is 32.1. The van der Waals surface area contributed by atoms with E-state index in [0.29, 0.717) is 34.4 Å². The molecule has 0 aliphatic heterocycles. The topological polar surface area (TPSA) is 50.3 Å². The maximum atomic E-state index is 9.22. The molecule has 0 aliphatic rings. The van der Waals surface area contributed by atoms with Gasteiger partial charge in [-0.25, -0.2) is 4.99 Å². The fourth-order valence-corrected chi connectivity index (χ4v) is 3.90. The van der Waals surface area contributed by atoms with Gasteiger partial charge in [-0.2, -0.15) is 5.26 Å². The number of thiocarbonyl (C=S) groups is 1. The summed E-state index contributed by atoms with van der Waals surface area (Å²) >= 11 is 7.29. The first-order valence-electron chi connectivity index (χ1n) is 9.12. The van der Waals surface area contributed by atoms with Crippen molar-refractivity contribution in [3.63, 3.8) is 0 Å². The Labute approximate surface area is 171 Å². The van der Waals surface area contributed by atoms with Gasteiger partial charge in [-0.15, -0.1) is 11.3 Å². The van der Waals surface area contributed by atoms with E-state index in [1.165, 1.54) is 4.88 Å². The van der Waals surface area contributed by atoms with Crippen LogP contribution in [0.5, 0.6) is 5.75 Å². The molecule has 0 aliphatic carbocycles. The van der Waals surface area contributed by atoms with E-state index in [2.05, 4.69) is 51.5 Å². The number of aromatic nitrogens is 1. The summed E-state index contributed by atoms with van der Waals surface area (Å²) in [5.74, 6) is 1.16. The predicted molar refractivity (Wildman–Crippen MR) is 115 cm³/mol. The standard InChI is InChI=1S/C21H27N3OS2/c1-7-25-17-9-8-15(11-22)10-16(17)19(26)23-20-24(12-14(2)3)13-18(27-20)21(4,5)6/h8-10,13-14H,7,12H2,1-6H3/b23-20-. The minimum absolute atomic E-state index is 0.0516. The molecule has 0 atom stereocenters. The zero-order valence-electron chi connectivity index (χ0n) is 16.9. The summed E-state index contributed by atoms with van der Waals surface area (Å²) < 4.78 is 7.87. The summed E-state index contributed by atoms with van der Waals surface area (Å²) in [5, 5.41) is 9.22. The Bertz CT molecular complexity index is 924. The smallest absolute Gasteiger partial charge is 0.191 e. The predicted octanol–water partition coefficient (Wildman–Crippen LogP) is 5.05. The van der Waals surface area contributed by atoms with E-state index in [1.54, 1.807) is 29.5 Å². The van der Waals surface area contributed by atoms with Crippen LogP contribution in [0.2, 0.25) is 0 Å². The summed E-state index contributed by atoms with van der Waals surface area (Å²) in [5.41, 5.74) is 1.28. The van der Waals surface area contributed by atoms with Gasteiger partial charge >= 0.3 is 0 Å². The lowest BCUT2D eigenvalue weighted by Crippen LogP contribution is -2.19. The SMILES string of the molecule is CCOc1ccc(C#N)cc1C(=S)/N=c1\sc(C(C)(C)C)cn1CC(C)C. The quantitative estimate of drug-likeness (QED) is 0.659. The van der Waals surface area contributed by atoms with Gasteiger partial charge < -0.3 is 9.30 Å². The van der Waals surface area contributed by atoms with E-state index >= 15 is 0 Å². The first kappa shape index (κ1) is 21.3. The second-order valence-electron chi connectivity index (χ2n) is 7.85. The molecule has 144 valence electrons. The van der Waals surface area contributed by atoms with Crippen molar-refractivity contribution in [3.05, 3.63) is 45.2 Å². The second-order valence-corrected chi connectivity index (χ2v) is 9.24. The van der Waals surface area contributed by atoms with E-state index in [9.17, 15) is 5.26 Å². The number of nitriles is 1. The number of thiazole rings is 1. The van der Waals surface area contributed by atoms with Gasteiger partial charge in [0.05, 0.1) is 23.8 Å². The minimum atomic E-state index is 0.0516. The van der Waals surface area contributed by atoms with Crippen LogP contribution in [0.4, 0.5) is 0 Å². The van der Waals surface area contributed by atoms with Gasteiger partial charge in [0, 0.05) is 17.6 Å². The number of rotatable bonds is 5. The number of hydrogen-bond donors (Lipinski definition) is 0. The number of nitrogens with zero attached hydrogens (tertiary/aromatic N) is 3. The van der Waals surface area contributed by atoms with E-state index < -0.39 is 0 Å². The highest BCUT2D eigenvalue weighted by Crippen LogP contribution is 2.25. The van der Waals surface area contributed by atoms with Gasteiger partial charge in [0.25, 0.3) is 0 Å². The van der Waals surface area contributed by atoms with Crippen molar-refractivity contribution in [1.82, 2.24) is 4.57 Å². The van der Waals surface area contributed by atoms with Crippen LogP contribution in [0.3, 0.4) is 0 Å². The summed E-state index contributed by atoms with van der Waals surface area (Å²) in [6.07, 6.45) is 2.18. The molecule has 0 saturated heterocycles. The lowest BCUT2D eigenvalue weighted by atomic mass is 9.95. The maximum Gasteiger partial charge on any atom is 0.191 e. The number of hydrogen-bond acceptors (Lipinski definition) is 4. The van der Waals surface area contributed by atoms with Gasteiger partial charge in [-0.05, 0) is 36.5 Å². The van der Waals surface area contributed by atoms with Crippen LogP contribution in [0.25, 0.3) is 0 Å². The third kappa shape index (κ3) is 5.50. The summed E-state index contributed by atoms with van der Waals surface area (Å²) in [6.45, 7) is 14.3. The van der Waals surface area contributed by atoms with Gasteiger partial charge in [-0.3, -0.25) is 0 Å². The van der Waals surface area contributed by atoms with Gasteiger partial charge in [-0.1, -0.05) is 46.8 Å². The van der Waals surface area contributed by atoms with Crippen LogP contribution in [0.1, 0.15) is 57.5 Å². The van der Waals surface area contributed by atoms with Crippen LogP contribution in [0.15, 0.2) is 29.4 Å². The van der Waals surface area contributed by atoms with Crippen LogP contribution in [0, 0.1) is 17.2 Å². The average molecular weight is 402 g/mol. The molecule has 2 aromatic rings. The van der Waals surface area contributed by atoms with E-state index in [-0.39, 0.29) is 5.41 Å². The van der Waals surface area contributed by atoms with Crippen molar-refractivity contribution in [1.29, 1.82) is 5.26 Å². The number of benzene rings is 1. The summed E-state index contributed by atoms with van der Waals surface area (Å²) in [6, 6.07) is 7.43. The molecule has 27 heavy (non-hydrogen) atoms. The lowest BCUT2D eigenvalue weighted by molar-refractivity contribution is 0.339. The highest BCUT2D eigenvalue weighted by Gasteiger charge is 2.18. The Hall–Kier alpha value is -1.97. The molecule has 6 heteroatoms. The Morgan fingerprint density at radius 3 is 2.63 bits per heavy atom. The monoisotopic (exact) mass is 401 g/mol. The summed E-state index contributed by atoms with van der Waals surface area (Å²) in [4.78, 5) is 7.34. The zero-order valence-corrected chi connectivity index (χ0v) is 18.5. The van der Waals surface area contributed by atoms with Crippen molar-refractivity contribution in [3.8, 4) is 11.8 Å². The first-order chi connectivity index (χ1) is 12.7. The summed E-state index contributed by atoms with van der Waals surface area (Å²) in [7, 11) is 0. The average Bonchev–Trinajstić information content (AvgIpc) is 2.97. The largest absolute Gasteiger partial charge is 0.493 e. The molecule has 2 rings (SSSR count). The molecule has 0 unspecified atom stereocenters. The Balaban J connectivity index is 2.56. The molecule has 1 aromatic heterocycles. The zero-order chi connectivity index (χ0) is 20.2. The minimum Gasteiger partial charge on any atom is -0.493 e. The Kier molecular flexibility index (Phi) is 6.96. The van der Waals surface area contributed by atoms with E-state index in [4.69, 9.17) is 21.9 Å². The molecular formula is C21H27N3OS2. The molecule has 0 bridgehead atoms. The second kappa shape index (κ2) is 8.81. The van der Waals surface area contributed by atoms with E-state index in [0.717, 1.165) is 11.3 Å². The molecular weight excluding hydrogens is 374 g/mol. The van der Waals surface area contributed by atoms with Crippen molar-refractivity contribution in [2.24, 2.45) is 10.9 Å². The number of ether oxygens (including phenoxy) is 1. The maximum absolute atomic E-state index is 9.22. The molecule has 0 spiro atoms. The fourth-order valence-electron chi connectivity index (χ4n) is 2.53. The fraction of sp³-hybridized carbons (Fsp3) is 0.476. The third-order valence-corrected chi connectivity index (χ3v) is 5.61. The molecule has 1 heterocycles. The highest BCUT2D eigenvalue weighted by molar-refractivity contribution is 7.80. The van der Waals surface area contributed by atoms with Crippen molar-refractivity contribution < 1.29 is 4.74 Å².